The molecule has 160 valence electrons. The highest BCUT2D eigenvalue weighted by Crippen LogP contribution is 2.34. The molecular weight excluding hydrogens is 380 g/mol. The molecule has 4 rings (SSSR count). The molecule has 3 aromatic rings. The topological polar surface area (TPSA) is 24.5 Å². The van der Waals surface area contributed by atoms with Crippen molar-refractivity contribution in [1.29, 1.82) is 0 Å². The molecule has 3 heteroatoms. The molecule has 1 aliphatic heterocycles. The quantitative estimate of drug-likeness (QED) is 0.506. The standard InChI is InChI=1S/C28H32N2O/c1-2-27(23-9-5-3-6-10-23)28(24-11-7-4-8-12-24)25-13-15-26(16-14-25)31-22-21-30-19-17-29-18-20-30/h3-16,29H,2,17-22H2,1H3/b28-27-. The lowest BCUT2D eigenvalue weighted by molar-refractivity contribution is 0.191. The molecule has 1 N–H and O–H groups in total. The third kappa shape index (κ3) is 5.63. The zero-order valence-electron chi connectivity index (χ0n) is 18.4. The maximum absolute atomic E-state index is 6.04. The Balaban J connectivity index is 1.56. The first-order valence-corrected chi connectivity index (χ1v) is 11.4. The molecule has 3 aromatic carbocycles. The van der Waals surface area contributed by atoms with E-state index in [9.17, 15) is 0 Å². The molecule has 0 atom stereocenters. The van der Waals surface area contributed by atoms with Crippen molar-refractivity contribution in [3.63, 3.8) is 0 Å². The summed E-state index contributed by atoms with van der Waals surface area (Å²) in [6.07, 6.45) is 0.969. The largest absolute Gasteiger partial charge is 0.492 e. The number of allylic oxidation sites excluding steroid dienone is 1. The first-order valence-electron chi connectivity index (χ1n) is 11.4. The monoisotopic (exact) mass is 412 g/mol. The summed E-state index contributed by atoms with van der Waals surface area (Å²) in [6.45, 7) is 8.30. The Morgan fingerprint density at radius 2 is 1.35 bits per heavy atom. The summed E-state index contributed by atoms with van der Waals surface area (Å²) in [7, 11) is 0. The van der Waals surface area contributed by atoms with Gasteiger partial charge in [0.15, 0.2) is 0 Å². The predicted molar refractivity (Wildman–Crippen MR) is 130 cm³/mol. The van der Waals surface area contributed by atoms with Crippen LogP contribution in [0.1, 0.15) is 30.0 Å². The third-order valence-corrected chi connectivity index (χ3v) is 5.87. The van der Waals surface area contributed by atoms with Crippen LogP contribution in [-0.2, 0) is 0 Å². The Morgan fingerprint density at radius 3 is 1.97 bits per heavy atom. The molecule has 1 saturated heterocycles. The van der Waals surface area contributed by atoms with Crippen molar-refractivity contribution < 1.29 is 4.74 Å². The molecule has 0 amide bonds. The normalized spacial score (nSPS) is 15.4. The van der Waals surface area contributed by atoms with Crippen molar-refractivity contribution in [1.82, 2.24) is 10.2 Å². The van der Waals surface area contributed by atoms with Gasteiger partial charge in [0.1, 0.15) is 12.4 Å². The minimum atomic E-state index is 0.727. The van der Waals surface area contributed by atoms with Gasteiger partial charge in [0.2, 0.25) is 0 Å². The summed E-state index contributed by atoms with van der Waals surface area (Å²) in [4.78, 5) is 2.45. The van der Waals surface area contributed by atoms with Crippen LogP contribution in [0.3, 0.4) is 0 Å². The molecule has 0 saturated carbocycles. The molecular formula is C28H32N2O. The van der Waals surface area contributed by atoms with Crippen LogP contribution in [0.4, 0.5) is 0 Å². The minimum Gasteiger partial charge on any atom is -0.492 e. The van der Waals surface area contributed by atoms with Gasteiger partial charge >= 0.3 is 0 Å². The van der Waals surface area contributed by atoms with Crippen molar-refractivity contribution >= 4 is 11.1 Å². The average molecular weight is 413 g/mol. The van der Waals surface area contributed by atoms with E-state index in [0.29, 0.717) is 0 Å². The first-order chi connectivity index (χ1) is 15.3. The van der Waals surface area contributed by atoms with E-state index < -0.39 is 0 Å². The summed E-state index contributed by atoms with van der Waals surface area (Å²) in [5.74, 6) is 0.934. The van der Waals surface area contributed by atoms with Crippen molar-refractivity contribution in [2.75, 3.05) is 39.3 Å². The second kappa shape index (κ2) is 10.9. The van der Waals surface area contributed by atoms with Crippen LogP contribution in [0.2, 0.25) is 0 Å². The molecule has 0 bridgehead atoms. The van der Waals surface area contributed by atoms with Gasteiger partial charge in [-0.25, -0.2) is 0 Å². The van der Waals surface area contributed by atoms with Gasteiger partial charge in [0, 0.05) is 32.7 Å². The van der Waals surface area contributed by atoms with Gasteiger partial charge in [-0.15, -0.1) is 0 Å². The van der Waals surface area contributed by atoms with Gasteiger partial charge in [-0.1, -0.05) is 79.7 Å². The fourth-order valence-electron chi connectivity index (χ4n) is 4.23. The second-order valence-corrected chi connectivity index (χ2v) is 7.90. The van der Waals surface area contributed by atoms with Crippen molar-refractivity contribution in [2.45, 2.75) is 13.3 Å². The number of hydrogen-bond acceptors (Lipinski definition) is 3. The third-order valence-electron chi connectivity index (χ3n) is 5.87. The molecule has 1 heterocycles. The van der Waals surface area contributed by atoms with Crippen LogP contribution >= 0.6 is 0 Å². The Bertz CT molecular complexity index is 959. The van der Waals surface area contributed by atoms with Crippen molar-refractivity contribution in [3.05, 3.63) is 102 Å². The maximum atomic E-state index is 6.04. The van der Waals surface area contributed by atoms with Gasteiger partial charge in [-0.2, -0.15) is 0 Å². The summed E-state index contributed by atoms with van der Waals surface area (Å²) in [5, 5.41) is 3.39. The summed E-state index contributed by atoms with van der Waals surface area (Å²) in [6, 6.07) is 30.0. The van der Waals surface area contributed by atoms with Crippen LogP contribution in [0, 0.1) is 0 Å². The van der Waals surface area contributed by atoms with Gasteiger partial charge in [-0.05, 0) is 46.4 Å². The van der Waals surface area contributed by atoms with E-state index in [4.69, 9.17) is 4.74 Å². The minimum absolute atomic E-state index is 0.727. The highest BCUT2D eigenvalue weighted by atomic mass is 16.5. The second-order valence-electron chi connectivity index (χ2n) is 7.90. The number of rotatable bonds is 8. The fourth-order valence-corrected chi connectivity index (χ4v) is 4.23. The summed E-state index contributed by atoms with van der Waals surface area (Å²) in [5.41, 5.74) is 6.40. The van der Waals surface area contributed by atoms with E-state index in [2.05, 4.69) is 102 Å². The van der Waals surface area contributed by atoms with Crippen LogP contribution in [0.5, 0.6) is 5.75 Å². The zero-order valence-corrected chi connectivity index (χ0v) is 18.4. The van der Waals surface area contributed by atoms with Gasteiger partial charge < -0.3 is 10.1 Å². The van der Waals surface area contributed by atoms with E-state index in [1.807, 2.05) is 0 Å². The van der Waals surface area contributed by atoms with Crippen LogP contribution in [0.25, 0.3) is 11.1 Å². The number of benzene rings is 3. The van der Waals surface area contributed by atoms with Gasteiger partial charge in [-0.3, -0.25) is 4.90 Å². The van der Waals surface area contributed by atoms with Crippen LogP contribution in [-0.4, -0.2) is 44.2 Å². The van der Waals surface area contributed by atoms with Gasteiger partial charge in [0.05, 0.1) is 0 Å². The fraction of sp³-hybridized carbons (Fsp3) is 0.286. The molecule has 0 radical (unpaired) electrons. The van der Waals surface area contributed by atoms with Crippen LogP contribution < -0.4 is 10.1 Å². The number of hydrogen-bond donors (Lipinski definition) is 1. The van der Waals surface area contributed by atoms with E-state index in [1.165, 1.54) is 27.8 Å². The highest BCUT2D eigenvalue weighted by molar-refractivity contribution is 5.98. The number of nitrogens with one attached hydrogen (secondary N) is 1. The Labute approximate surface area is 186 Å². The van der Waals surface area contributed by atoms with E-state index in [0.717, 1.165) is 51.5 Å². The molecule has 0 aliphatic carbocycles. The zero-order chi connectivity index (χ0) is 21.3. The smallest absolute Gasteiger partial charge is 0.119 e. The number of nitrogens with zero attached hydrogens (tertiary/aromatic N) is 1. The predicted octanol–water partition coefficient (Wildman–Crippen LogP) is 5.34. The molecule has 3 nitrogen and oxygen atoms in total. The van der Waals surface area contributed by atoms with Crippen molar-refractivity contribution in [2.24, 2.45) is 0 Å². The molecule has 1 fully saturated rings. The van der Waals surface area contributed by atoms with Crippen molar-refractivity contribution in [3.8, 4) is 5.75 Å². The Kier molecular flexibility index (Phi) is 7.54. The SMILES string of the molecule is CC/C(=C(\c1ccccc1)c1ccc(OCCN2CCNCC2)cc1)c1ccccc1. The number of piperazine rings is 1. The number of ether oxygens (including phenoxy) is 1. The van der Waals surface area contributed by atoms with Gasteiger partial charge in [0.25, 0.3) is 0 Å². The first kappa shape index (κ1) is 21.4. The Morgan fingerprint density at radius 1 is 0.774 bits per heavy atom. The summed E-state index contributed by atoms with van der Waals surface area (Å²) >= 11 is 0. The Hall–Kier alpha value is -2.88. The molecule has 0 spiro atoms. The van der Waals surface area contributed by atoms with E-state index in [-0.39, 0.29) is 0 Å². The van der Waals surface area contributed by atoms with E-state index in [1.54, 1.807) is 0 Å². The lowest BCUT2D eigenvalue weighted by atomic mass is 9.88. The highest BCUT2D eigenvalue weighted by Gasteiger charge is 2.13. The molecule has 31 heavy (non-hydrogen) atoms. The lowest BCUT2D eigenvalue weighted by Crippen LogP contribution is -2.44. The van der Waals surface area contributed by atoms with Crippen LogP contribution in [0.15, 0.2) is 84.9 Å². The molecule has 0 aromatic heterocycles. The maximum Gasteiger partial charge on any atom is 0.119 e. The van der Waals surface area contributed by atoms with E-state index >= 15 is 0 Å². The molecule has 1 aliphatic rings. The summed E-state index contributed by atoms with van der Waals surface area (Å²) < 4.78 is 6.04. The lowest BCUT2D eigenvalue weighted by Gasteiger charge is -2.26. The average Bonchev–Trinajstić information content (AvgIpc) is 2.85. The molecule has 0 unspecified atom stereocenters.